The van der Waals surface area contributed by atoms with E-state index < -0.39 is 10.0 Å². The van der Waals surface area contributed by atoms with Crippen LogP contribution in [0.3, 0.4) is 0 Å². The topological polar surface area (TPSA) is 85.3 Å². The number of furan rings is 1. The Morgan fingerprint density at radius 3 is 2.85 bits per heavy atom. The van der Waals surface area contributed by atoms with Crippen LogP contribution in [0.5, 0.6) is 0 Å². The quantitative estimate of drug-likeness (QED) is 0.867. The first kappa shape index (κ1) is 15.9. The maximum Gasteiger partial charge on any atom is 0.244 e. The Labute approximate surface area is 124 Å². The van der Waals surface area contributed by atoms with Crippen LogP contribution in [0.2, 0.25) is 0 Å². The van der Waals surface area contributed by atoms with Crippen molar-refractivity contribution < 1.29 is 12.8 Å². The Morgan fingerprint density at radius 1 is 1.50 bits per heavy atom. The first-order valence-electron chi connectivity index (χ1n) is 6.80. The molecule has 0 bridgehead atoms. The summed E-state index contributed by atoms with van der Waals surface area (Å²) in [4.78, 5) is 0.212. The van der Waals surface area contributed by atoms with Crippen molar-refractivity contribution in [3.05, 3.63) is 17.6 Å². The molecule has 1 saturated carbocycles. The van der Waals surface area contributed by atoms with Gasteiger partial charge in [-0.1, -0.05) is 6.42 Å². The number of rotatable bonds is 5. The molecule has 7 heteroatoms. The van der Waals surface area contributed by atoms with E-state index in [0.717, 1.165) is 19.3 Å². The smallest absolute Gasteiger partial charge is 0.244 e. The van der Waals surface area contributed by atoms with Gasteiger partial charge < -0.3 is 10.2 Å². The maximum atomic E-state index is 12.4. The van der Waals surface area contributed by atoms with Gasteiger partial charge in [-0.2, -0.15) is 11.8 Å². The predicted molar refractivity (Wildman–Crippen MR) is 81.2 cm³/mol. The third-order valence-electron chi connectivity index (χ3n) is 3.70. The van der Waals surface area contributed by atoms with Gasteiger partial charge in [0.15, 0.2) is 0 Å². The molecule has 2 atom stereocenters. The molecule has 20 heavy (non-hydrogen) atoms. The average molecular weight is 318 g/mol. The lowest BCUT2D eigenvalue weighted by atomic mass is 9.96. The highest BCUT2D eigenvalue weighted by Crippen LogP contribution is 2.28. The van der Waals surface area contributed by atoms with Gasteiger partial charge in [-0.3, -0.25) is 0 Å². The van der Waals surface area contributed by atoms with E-state index in [2.05, 4.69) is 11.0 Å². The number of thioether (sulfide) groups is 1. The summed E-state index contributed by atoms with van der Waals surface area (Å²) in [5, 5.41) is 0.543. The molecule has 1 aliphatic rings. The molecular formula is C13H22N2O3S2. The largest absolute Gasteiger partial charge is 0.464 e. The van der Waals surface area contributed by atoms with E-state index in [9.17, 15) is 8.42 Å². The van der Waals surface area contributed by atoms with Gasteiger partial charge in [0.05, 0.1) is 6.54 Å². The van der Waals surface area contributed by atoms with Gasteiger partial charge in [-0.05, 0) is 32.4 Å². The molecule has 0 spiro atoms. The first-order chi connectivity index (χ1) is 9.46. The zero-order valence-electron chi connectivity index (χ0n) is 11.9. The third-order valence-corrected chi connectivity index (χ3v) is 6.42. The summed E-state index contributed by atoms with van der Waals surface area (Å²) in [7, 11) is -3.52. The van der Waals surface area contributed by atoms with Crippen LogP contribution < -0.4 is 10.5 Å². The van der Waals surface area contributed by atoms with Gasteiger partial charge in [-0.15, -0.1) is 0 Å². The number of aryl methyl sites for hydroxylation is 1. The van der Waals surface area contributed by atoms with Gasteiger partial charge in [0.25, 0.3) is 0 Å². The summed E-state index contributed by atoms with van der Waals surface area (Å²) in [6, 6.07) is 1.54. The molecule has 2 unspecified atom stereocenters. The second-order valence-electron chi connectivity index (χ2n) is 5.18. The van der Waals surface area contributed by atoms with Crippen LogP contribution in [-0.2, 0) is 16.6 Å². The van der Waals surface area contributed by atoms with Gasteiger partial charge in [0.1, 0.15) is 16.4 Å². The Bertz CT molecular complexity index is 554. The summed E-state index contributed by atoms with van der Waals surface area (Å²) in [6.07, 6.45) is 6.10. The molecular weight excluding hydrogens is 296 g/mol. The third kappa shape index (κ3) is 3.58. The van der Waals surface area contributed by atoms with Crippen molar-refractivity contribution in [3.8, 4) is 0 Å². The SMILES string of the molecule is CSC1CCCC(NS(=O)(=O)c2cc(CN)oc2C)C1. The minimum absolute atomic E-state index is 0.0156. The molecule has 0 radical (unpaired) electrons. The van der Waals surface area contributed by atoms with Crippen LogP contribution in [0.25, 0.3) is 0 Å². The molecule has 3 N–H and O–H groups in total. The van der Waals surface area contributed by atoms with Crippen molar-refractivity contribution in [1.29, 1.82) is 0 Å². The van der Waals surface area contributed by atoms with Crippen molar-refractivity contribution >= 4 is 21.8 Å². The van der Waals surface area contributed by atoms with Crippen molar-refractivity contribution in [2.75, 3.05) is 6.26 Å². The second-order valence-corrected chi connectivity index (χ2v) is 8.00. The Balaban J connectivity index is 2.12. The number of hydrogen-bond donors (Lipinski definition) is 2. The summed E-state index contributed by atoms with van der Waals surface area (Å²) in [5.41, 5.74) is 5.48. The summed E-state index contributed by atoms with van der Waals surface area (Å²) in [5.74, 6) is 0.892. The number of sulfonamides is 1. The van der Waals surface area contributed by atoms with Gasteiger partial charge >= 0.3 is 0 Å². The fourth-order valence-corrected chi connectivity index (χ4v) is 4.95. The molecule has 114 valence electrons. The zero-order valence-corrected chi connectivity index (χ0v) is 13.5. The number of nitrogens with one attached hydrogen (secondary N) is 1. The van der Waals surface area contributed by atoms with E-state index in [0.29, 0.717) is 16.8 Å². The fourth-order valence-electron chi connectivity index (χ4n) is 2.64. The molecule has 1 aromatic rings. The van der Waals surface area contributed by atoms with E-state index in [1.54, 1.807) is 6.92 Å². The highest BCUT2D eigenvalue weighted by Gasteiger charge is 2.28. The molecule has 1 fully saturated rings. The van der Waals surface area contributed by atoms with Crippen LogP contribution in [0.1, 0.15) is 37.2 Å². The molecule has 1 heterocycles. The summed E-state index contributed by atoms with van der Waals surface area (Å²) >= 11 is 1.81. The summed E-state index contributed by atoms with van der Waals surface area (Å²) in [6.45, 7) is 1.85. The minimum Gasteiger partial charge on any atom is -0.464 e. The highest BCUT2D eigenvalue weighted by atomic mass is 32.2. The van der Waals surface area contributed by atoms with E-state index in [-0.39, 0.29) is 17.5 Å². The molecule has 0 aromatic carbocycles. The normalized spacial score (nSPS) is 23.9. The number of hydrogen-bond acceptors (Lipinski definition) is 5. The Kier molecular flexibility index (Phi) is 5.17. The molecule has 1 aliphatic carbocycles. The average Bonchev–Trinajstić information content (AvgIpc) is 2.80. The van der Waals surface area contributed by atoms with Crippen molar-refractivity contribution in [2.45, 2.75) is 55.3 Å². The van der Waals surface area contributed by atoms with Crippen LogP contribution >= 0.6 is 11.8 Å². The molecule has 2 rings (SSSR count). The molecule has 0 aliphatic heterocycles. The predicted octanol–water partition coefficient (Wildman–Crippen LogP) is 2.00. The minimum atomic E-state index is -3.52. The van der Waals surface area contributed by atoms with E-state index in [4.69, 9.17) is 10.2 Å². The van der Waals surface area contributed by atoms with Crippen molar-refractivity contribution in [1.82, 2.24) is 4.72 Å². The van der Waals surface area contributed by atoms with Crippen LogP contribution in [0.15, 0.2) is 15.4 Å². The lowest BCUT2D eigenvalue weighted by molar-refractivity contribution is 0.420. The standard InChI is InChI=1S/C13H22N2O3S2/c1-9-13(7-11(8-14)18-9)20(16,17)15-10-4-3-5-12(6-10)19-2/h7,10,12,15H,3-6,8,14H2,1-2H3. The van der Waals surface area contributed by atoms with Gasteiger partial charge in [0.2, 0.25) is 10.0 Å². The van der Waals surface area contributed by atoms with Crippen LogP contribution in [0, 0.1) is 6.92 Å². The lowest BCUT2D eigenvalue weighted by Crippen LogP contribution is -2.39. The maximum absolute atomic E-state index is 12.4. The van der Waals surface area contributed by atoms with E-state index >= 15 is 0 Å². The highest BCUT2D eigenvalue weighted by molar-refractivity contribution is 7.99. The molecule has 0 amide bonds. The first-order valence-corrected chi connectivity index (χ1v) is 9.58. The zero-order chi connectivity index (χ0) is 14.8. The monoisotopic (exact) mass is 318 g/mol. The van der Waals surface area contributed by atoms with Crippen molar-refractivity contribution in [3.63, 3.8) is 0 Å². The van der Waals surface area contributed by atoms with Gasteiger partial charge in [0, 0.05) is 17.4 Å². The molecule has 1 aromatic heterocycles. The summed E-state index contributed by atoms with van der Waals surface area (Å²) < 4.78 is 33.0. The fraction of sp³-hybridized carbons (Fsp3) is 0.692. The Morgan fingerprint density at radius 2 is 2.25 bits per heavy atom. The lowest BCUT2D eigenvalue weighted by Gasteiger charge is -2.28. The molecule has 5 nitrogen and oxygen atoms in total. The van der Waals surface area contributed by atoms with Gasteiger partial charge in [-0.25, -0.2) is 13.1 Å². The van der Waals surface area contributed by atoms with Crippen LogP contribution in [-0.4, -0.2) is 26.0 Å². The van der Waals surface area contributed by atoms with Crippen LogP contribution in [0.4, 0.5) is 0 Å². The number of nitrogens with two attached hydrogens (primary N) is 1. The van der Waals surface area contributed by atoms with E-state index in [1.165, 1.54) is 12.5 Å². The Hall–Kier alpha value is -0.500. The second kappa shape index (κ2) is 6.51. The molecule has 0 saturated heterocycles. The van der Waals surface area contributed by atoms with E-state index in [1.807, 2.05) is 11.8 Å². The van der Waals surface area contributed by atoms with Crippen molar-refractivity contribution in [2.24, 2.45) is 5.73 Å².